The summed E-state index contributed by atoms with van der Waals surface area (Å²) < 4.78 is 10.2. The minimum atomic E-state index is -1.26. The molecule has 45 heavy (non-hydrogen) atoms. The molecule has 1 saturated heterocycles. The Hall–Kier alpha value is -3.75. The zero-order valence-electron chi connectivity index (χ0n) is 26.1. The number of ether oxygens (including phenoxy) is 1. The van der Waals surface area contributed by atoms with Crippen LogP contribution in [0.1, 0.15) is 43.0 Å². The van der Waals surface area contributed by atoms with Gasteiger partial charge in [-0.25, -0.2) is 4.98 Å². The van der Waals surface area contributed by atoms with Crippen LogP contribution in [-0.4, -0.2) is 52.1 Å². The first-order valence-electron chi connectivity index (χ1n) is 15.8. The number of hydrogen-bond donors (Lipinski definition) is 1. The molecule has 0 bridgehead atoms. The average molecular weight is 639 g/mol. The van der Waals surface area contributed by atoms with Crippen molar-refractivity contribution in [1.82, 2.24) is 24.3 Å². The topological polar surface area (TPSA) is 111 Å². The predicted octanol–water partition coefficient (Wildman–Crippen LogP) is 7.07. The van der Waals surface area contributed by atoms with Crippen molar-refractivity contribution in [3.05, 3.63) is 71.1 Å². The summed E-state index contributed by atoms with van der Waals surface area (Å²) in [6, 6.07) is 18.2. The van der Waals surface area contributed by atoms with Gasteiger partial charge in [-0.1, -0.05) is 67.6 Å². The highest BCUT2D eigenvalue weighted by molar-refractivity contribution is 6.76. The molecule has 1 aliphatic heterocycles. The fourth-order valence-corrected chi connectivity index (χ4v) is 7.29. The Morgan fingerprint density at radius 3 is 2.49 bits per heavy atom. The van der Waals surface area contributed by atoms with Gasteiger partial charge in [0.25, 0.3) is 0 Å². The number of benzene rings is 2. The van der Waals surface area contributed by atoms with Gasteiger partial charge in [0.2, 0.25) is 5.95 Å². The van der Waals surface area contributed by atoms with Crippen molar-refractivity contribution in [2.75, 3.05) is 24.6 Å². The maximum atomic E-state index is 10.4. The van der Waals surface area contributed by atoms with E-state index in [0.29, 0.717) is 60.2 Å². The first-order valence-corrected chi connectivity index (χ1v) is 19.9. The number of fused-ring (bicyclic) bond motifs is 2. The molecule has 232 valence electrons. The summed E-state index contributed by atoms with van der Waals surface area (Å²) in [4.78, 5) is 12.0. The van der Waals surface area contributed by atoms with Crippen LogP contribution in [0.15, 0.2) is 54.9 Å². The van der Waals surface area contributed by atoms with Crippen molar-refractivity contribution in [2.45, 2.75) is 69.7 Å². The van der Waals surface area contributed by atoms with Crippen LogP contribution in [-0.2, 0) is 17.0 Å². The molecular weight excluding hydrogens is 600 g/mol. The predicted molar refractivity (Wildman–Crippen MR) is 182 cm³/mol. The maximum absolute atomic E-state index is 10.4. The molecular formula is C34H39ClN8OSi. The van der Waals surface area contributed by atoms with Gasteiger partial charge in [-0.05, 0) is 43.4 Å². The van der Waals surface area contributed by atoms with Crippen LogP contribution in [0.3, 0.4) is 0 Å². The van der Waals surface area contributed by atoms with E-state index in [1.54, 1.807) is 0 Å². The Morgan fingerprint density at radius 2 is 1.80 bits per heavy atom. The van der Waals surface area contributed by atoms with E-state index in [4.69, 9.17) is 37.1 Å². The van der Waals surface area contributed by atoms with Crippen LogP contribution in [0, 0.1) is 11.3 Å². The third kappa shape index (κ3) is 5.86. The summed E-state index contributed by atoms with van der Waals surface area (Å²) >= 11 is 7.09. The largest absolute Gasteiger partial charge is 0.361 e. The second kappa shape index (κ2) is 11.6. The lowest BCUT2D eigenvalue weighted by Crippen LogP contribution is -2.48. The zero-order chi connectivity index (χ0) is 31.3. The van der Waals surface area contributed by atoms with Gasteiger partial charge in [0.05, 0.1) is 22.0 Å². The van der Waals surface area contributed by atoms with Gasteiger partial charge in [-0.2, -0.15) is 15.3 Å². The molecule has 0 amide bonds. The van der Waals surface area contributed by atoms with Crippen LogP contribution in [0.4, 0.5) is 5.95 Å². The minimum absolute atomic E-state index is 0.321. The van der Waals surface area contributed by atoms with E-state index < -0.39 is 13.6 Å². The Labute approximate surface area is 269 Å². The molecule has 7 rings (SSSR count). The first-order chi connectivity index (χ1) is 21.6. The van der Waals surface area contributed by atoms with Crippen molar-refractivity contribution >= 4 is 47.6 Å². The van der Waals surface area contributed by atoms with E-state index in [-0.39, 0.29) is 0 Å². The monoisotopic (exact) mass is 638 g/mol. The summed E-state index contributed by atoms with van der Waals surface area (Å²) in [5.41, 5.74) is 11.1. The number of halogens is 1. The van der Waals surface area contributed by atoms with Crippen molar-refractivity contribution < 1.29 is 4.74 Å². The second-order valence-corrected chi connectivity index (χ2v) is 19.8. The van der Waals surface area contributed by atoms with Gasteiger partial charge < -0.3 is 19.9 Å². The highest BCUT2D eigenvalue weighted by atomic mass is 35.5. The third-order valence-electron chi connectivity index (χ3n) is 9.18. The molecule has 11 heteroatoms. The molecule has 5 aromatic rings. The molecule has 0 unspecified atom stereocenters. The van der Waals surface area contributed by atoms with Crippen LogP contribution in [0.2, 0.25) is 30.7 Å². The maximum Gasteiger partial charge on any atom is 0.228 e. The first kappa shape index (κ1) is 29.9. The number of nitrogens with two attached hydrogens (primary N) is 1. The van der Waals surface area contributed by atoms with Crippen molar-refractivity contribution in [2.24, 2.45) is 5.73 Å². The smallest absolute Gasteiger partial charge is 0.228 e. The molecule has 3 aromatic heterocycles. The summed E-state index contributed by atoms with van der Waals surface area (Å²) in [7, 11) is -1.26. The summed E-state index contributed by atoms with van der Waals surface area (Å²) in [6.45, 7) is 9.40. The number of piperidine rings is 1. The normalized spacial score (nSPS) is 16.8. The fourth-order valence-electron chi connectivity index (χ4n) is 6.22. The molecule has 0 spiro atoms. The third-order valence-corrected chi connectivity index (χ3v) is 11.3. The van der Waals surface area contributed by atoms with Gasteiger partial charge in [0.1, 0.15) is 18.4 Å². The number of anilines is 1. The molecule has 1 saturated carbocycles. The number of aromatic nitrogens is 5. The van der Waals surface area contributed by atoms with Crippen LogP contribution < -0.4 is 10.6 Å². The van der Waals surface area contributed by atoms with Gasteiger partial charge >= 0.3 is 0 Å². The van der Waals surface area contributed by atoms with E-state index in [1.807, 2.05) is 52.0 Å². The van der Waals surface area contributed by atoms with Gasteiger partial charge in [-0.15, -0.1) is 0 Å². The van der Waals surface area contributed by atoms with Gasteiger partial charge in [-0.3, -0.25) is 4.68 Å². The SMILES string of the molecule is C[Si](C)(C)CCOCn1cc(-c2ccc3nn(C4CC4)cc3c2Cl)c2c(C#N)nc(N3CCC(N)(c4ccccc4)CC3)nc21. The highest BCUT2D eigenvalue weighted by Crippen LogP contribution is 2.42. The minimum Gasteiger partial charge on any atom is -0.361 e. The molecule has 2 fully saturated rings. The molecule has 2 aliphatic rings. The molecule has 2 aromatic carbocycles. The Bertz CT molecular complexity index is 1910. The molecule has 9 nitrogen and oxygen atoms in total. The van der Waals surface area contributed by atoms with Crippen LogP contribution >= 0.6 is 11.6 Å². The van der Waals surface area contributed by atoms with E-state index in [9.17, 15) is 5.26 Å². The fraction of sp³-hybridized carbons (Fsp3) is 0.412. The Morgan fingerprint density at radius 1 is 1.04 bits per heavy atom. The van der Waals surface area contributed by atoms with E-state index in [1.165, 1.54) is 0 Å². The lowest BCUT2D eigenvalue weighted by molar-refractivity contribution is 0.0899. The summed E-state index contributed by atoms with van der Waals surface area (Å²) in [5.74, 6) is 0.536. The van der Waals surface area contributed by atoms with E-state index in [0.717, 1.165) is 59.3 Å². The average Bonchev–Trinajstić information content (AvgIpc) is 3.69. The van der Waals surface area contributed by atoms with Crippen molar-refractivity contribution in [1.29, 1.82) is 5.26 Å². The van der Waals surface area contributed by atoms with E-state index >= 15 is 0 Å². The Balaban J connectivity index is 1.27. The molecule has 0 radical (unpaired) electrons. The molecule has 2 N–H and O–H groups in total. The van der Waals surface area contributed by atoms with Gasteiger partial charge in [0.15, 0.2) is 5.69 Å². The molecule has 1 aliphatic carbocycles. The van der Waals surface area contributed by atoms with Crippen molar-refractivity contribution in [3.8, 4) is 17.2 Å². The quantitative estimate of drug-likeness (QED) is 0.136. The number of nitrogens with zero attached hydrogens (tertiary/aromatic N) is 7. The Kier molecular flexibility index (Phi) is 7.69. The number of hydrogen-bond acceptors (Lipinski definition) is 7. The number of rotatable bonds is 9. The molecule has 4 heterocycles. The highest BCUT2D eigenvalue weighted by Gasteiger charge is 2.34. The van der Waals surface area contributed by atoms with Crippen molar-refractivity contribution in [3.63, 3.8) is 0 Å². The van der Waals surface area contributed by atoms with E-state index in [2.05, 4.69) is 42.7 Å². The second-order valence-electron chi connectivity index (χ2n) is 13.8. The zero-order valence-corrected chi connectivity index (χ0v) is 27.9. The van der Waals surface area contributed by atoms with Crippen LogP contribution in [0.25, 0.3) is 33.1 Å². The lowest BCUT2D eigenvalue weighted by Gasteiger charge is -2.39. The molecule has 0 atom stereocenters. The van der Waals surface area contributed by atoms with Gasteiger partial charge in [0, 0.05) is 62.2 Å². The standard InChI is InChI=1S/C34H39ClN8OSi/c1-45(2,3)18-17-44-22-42-20-26(25-11-12-28-27(31(25)35)21-43(40-28)24-9-10-24)30-29(19-36)38-33(39-32(30)42)41-15-13-34(37,14-16-41)23-7-5-4-6-8-23/h4-8,11-12,20-21,24H,9-10,13-18,22,37H2,1-3H3. The summed E-state index contributed by atoms with van der Waals surface area (Å²) in [5, 5.41) is 17.4. The lowest BCUT2D eigenvalue weighted by atomic mass is 9.82. The summed E-state index contributed by atoms with van der Waals surface area (Å²) in [6.07, 6.45) is 7.86. The number of nitriles is 1. The van der Waals surface area contributed by atoms with Crippen LogP contribution in [0.5, 0.6) is 0 Å².